The molecule has 4 aliphatic heterocycles. The molecule has 0 radical (unpaired) electrons. The minimum atomic E-state index is -1.92. The summed E-state index contributed by atoms with van der Waals surface area (Å²) in [7, 11) is 0. The molecule has 0 aliphatic carbocycles. The summed E-state index contributed by atoms with van der Waals surface area (Å²) in [6.07, 6.45) is -12.2. The van der Waals surface area contributed by atoms with Crippen LogP contribution in [0.5, 0.6) is 0 Å². The van der Waals surface area contributed by atoms with Crippen molar-refractivity contribution in [2.45, 2.75) is 66.9 Å². The fourth-order valence-corrected chi connectivity index (χ4v) is 10.5. The minimum absolute atomic E-state index is 0.0120. The predicted molar refractivity (Wildman–Crippen MR) is 273 cm³/mol. The Morgan fingerprint density at radius 1 is 0.423 bits per heavy atom. The second-order valence-corrected chi connectivity index (χ2v) is 19.1. The number of carbonyl (C=O) groups excluding carboxylic acids is 9. The molecule has 10 rings (SSSR count). The Bertz CT molecular complexity index is 3220. The van der Waals surface area contributed by atoms with Crippen molar-refractivity contribution < 1.29 is 81.0 Å². The van der Waals surface area contributed by atoms with Crippen molar-refractivity contribution in [1.29, 1.82) is 0 Å². The normalized spacial score (nSPS) is 24.4. The zero-order valence-corrected chi connectivity index (χ0v) is 42.7. The van der Waals surface area contributed by atoms with Gasteiger partial charge in [-0.05, 0) is 72.8 Å². The van der Waals surface area contributed by atoms with Gasteiger partial charge in [-0.25, -0.2) is 19.2 Å². The first-order chi connectivity index (χ1) is 37.8. The number of hydrogen-bond acceptors (Lipinski definition) is 17. The summed E-state index contributed by atoms with van der Waals surface area (Å²) < 4.78 is 50.1. The average Bonchev–Trinajstić information content (AvgIpc) is 4.02. The van der Waals surface area contributed by atoms with Crippen molar-refractivity contribution in [3.8, 4) is 0 Å². The molecular weight excluding hydrogens is 1080 g/mol. The van der Waals surface area contributed by atoms with E-state index >= 15 is 0 Å². The Morgan fingerprint density at radius 2 is 0.731 bits per heavy atom. The van der Waals surface area contributed by atoms with Crippen molar-refractivity contribution >= 4 is 69.4 Å². The molecule has 2 saturated heterocycles. The highest BCUT2D eigenvalue weighted by Crippen LogP contribution is 2.40. The van der Waals surface area contributed by atoms with Gasteiger partial charge in [0.05, 0.1) is 51.1 Å². The van der Waals surface area contributed by atoms with E-state index in [1.54, 1.807) is 84.9 Å². The van der Waals surface area contributed by atoms with Gasteiger partial charge in [0, 0.05) is 6.92 Å². The third-order valence-corrected chi connectivity index (χ3v) is 14.1. The molecule has 20 heteroatoms. The lowest BCUT2D eigenvalue weighted by atomic mass is 9.94. The molecule has 0 unspecified atom stereocenters. The van der Waals surface area contributed by atoms with Crippen LogP contribution in [0.4, 0.5) is 0 Å². The molecule has 2 fully saturated rings. The smallest absolute Gasteiger partial charge is 0.338 e. The Morgan fingerprint density at radius 3 is 1.09 bits per heavy atom. The number of ether oxygens (including phenoxy) is 8. The molecule has 10 atom stereocenters. The number of benzene rings is 6. The largest absolute Gasteiger partial charge is 0.463 e. The van der Waals surface area contributed by atoms with Gasteiger partial charge in [0.2, 0.25) is 0 Å². The second kappa shape index (κ2) is 22.9. The van der Waals surface area contributed by atoms with E-state index in [9.17, 15) is 43.2 Å². The SMILES string of the molecule is CC(=O)OC[C@H]1O[C@@H](OC[C@H]2O[C@@H](Br)[C@H](N3C(=O)c4ccccc4C3=O)[C@@H](OC(=O)c3ccccc3)[C@@H]2OC(=O)c2ccccc2)[C@H](N2C(=O)c3ccccc3C2=O)[C@@H](OC(=O)c2ccccc2)[C@@H]1OC(=O)c1ccccc1. The van der Waals surface area contributed by atoms with Crippen molar-refractivity contribution in [2.75, 3.05) is 13.2 Å². The molecule has 4 amide bonds. The molecular formula is C58H45BrN2O17. The van der Waals surface area contributed by atoms with Crippen molar-refractivity contribution in [1.82, 2.24) is 9.80 Å². The first-order valence-corrected chi connectivity index (χ1v) is 25.4. The Labute approximate surface area is 452 Å². The molecule has 0 N–H and O–H groups in total. The number of halogens is 1. The molecule has 6 aromatic carbocycles. The molecule has 0 aromatic heterocycles. The highest BCUT2D eigenvalue weighted by Gasteiger charge is 2.60. The maximum absolute atomic E-state index is 14.7. The van der Waals surface area contributed by atoms with Gasteiger partial charge < -0.3 is 37.9 Å². The van der Waals surface area contributed by atoms with E-state index in [0.29, 0.717) is 0 Å². The fourth-order valence-electron chi connectivity index (χ4n) is 9.68. The Hall–Kier alpha value is -8.69. The van der Waals surface area contributed by atoms with E-state index in [-0.39, 0.29) is 44.5 Å². The number of amides is 4. The average molecular weight is 1120 g/mol. The van der Waals surface area contributed by atoms with Gasteiger partial charge >= 0.3 is 29.8 Å². The topological polar surface area (TPSA) is 234 Å². The quantitative estimate of drug-likeness (QED) is 0.0453. The summed E-state index contributed by atoms with van der Waals surface area (Å²) in [6, 6.07) is 39.5. The summed E-state index contributed by atoms with van der Waals surface area (Å²) >= 11 is 3.51. The first-order valence-electron chi connectivity index (χ1n) is 24.5. The van der Waals surface area contributed by atoms with Gasteiger partial charge in [-0.2, -0.15) is 0 Å². The van der Waals surface area contributed by atoms with Gasteiger partial charge in [-0.1, -0.05) is 113 Å². The fraction of sp³-hybridized carbons (Fsp3) is 0.224. The van der Waals surface area contributed by atoms with Crippen LogP contribution in [0.25, 0.3) is 0 Å². The first kappa shape index (κ1) is 52.7. The van der Waals surface area contributed by atoms with E-state index in [1.807, 2.05) is 0 Å². The van der Waals surface area contributed by atoms with Crippen LogP contribution in [-0.2, 0) is 42.7 Å². The van der Waals surface area contributed by atoms with Gasteiger partial charge in [0.15, 0.2) is 30.7 Å². The number of hydrogen-bond donors (Lipinski definition) is 0. The maximum atomic E-state index is 14.7. The zero-order valence-electron chi connectivity index (χ0n) is 41.1. The van der Waals surface area contributed by atoms with Crippen LogP contribution in [0.15, 0.2) is 170 Å². The molecule has 4 aliphatic rings. The Balaban J connectivity index is 1.08. The number of alkyl halides is 1. The molecule has 0 saturated carbocycles. The van der Waals surface area contributed by atoms with E-state index in [2.05, 4.69) is 15.9 Å². The highest BCUT2D eigenvalue weighted by molar-refractivity contribution is 9.09. The van der Waals surface area contributed by atoms with E-state index in [4.69, 9.17) is 37.9 Å². The number of fused-ring (bicyclic) bond motifs is 2. The molecule has 6 aromatic rings. The number of imide groups is 2. The highest BCUT2D eigenvalue weighted by atomic mass is 79.9. The number of carbonyl (C=O) groups is 9. The molecule has 4 heterocycles. The summed E-state index contributed by atoms with van der Waals surface area (Å²) in [6.45, 7) is -0.321. The van der Waals surface area contributed by atoms with Crippen LogP contribution < -0.4 is 0 Å². The van der Waals surface area contributed by atoms with Crippen LogP contribution in [0.2, 0.25) is 0 Å². The summed E-state index contributed by atoms with van der Waals surface area (Å²) in [5.41, 5.74) is 0.162. The Kier molecular flexibility index (Phi) is 15.5. The van der Waals surface area contributed by atoms with Crippen molar-refractivity contribution in [2.24, 2.45) is 0 Å². The summed E-state index contributed by atoms with van der Waals surface area (Å²) in [5, 5.41) is -1.41. The van der Waals surface area contributed by atoms with Gasteiger partial charge in [-0.3, -0.25) is 33.8 Å². The van der Waals surface area contributed by atoms with Gasteiger partial charge in [0.1, 0.15) is 35.9 Å². The van der Waals surface area contributed by atoms with E-state index in [0.717, 1.165) is 16.7 Å². The summed E-state index contributed by atoms with van der Waals surface area (Å²) in [5.74, 6) is -7.96. The zero-order chi connectivity index (χ0) is 54.6. The predicted octanol–water partition coefficient (Wildman–Crippen LogP) is 6.64. The third-order valence-electron chi connectivity index (χ3n) is 13.3. The number of esters is 5. The molecule has 0 bridgehead atoms. The van der Waals surface area contributed by atoms with Crippen LogP contribution >= 0.6 is 15.9 Å². The molecule has 19 nitrogen and oxygen atoms in total. The summed E-state index contributed by atoms with van der Waals surface area (Å²) in [4.78, 5) is 129. The lowest BCUT2D eigenvalue weighted by molar-refractivity contribution is -0.290. The van der Waals surface area contributed by atoms with Crippen molar-refractivity contribution in [3.63, 3.8) is 0 Å². The lowest BCUT2D eigenvalue weighted by Gasteiger charge is -2.48. The minimum Gasteiger partial charge on any atom is -0.463 e. The van der Waals surface area contributed by atoms with Crippen molar-refractivity contribution in [3.05, 3.63) is 214 Å². The lowest BCUT2D eigenvalue weighted by Crippen LogP contribution is -2.68. The van der Waals surface area contributed by atoms with E-state index < -0.39 is 127 Å². The molecule has 396 valence electrons. The van der Waals surface area contributed by atoms with Crippen LogP contribution in [0, 0.1) is 0 Å². The number of nitrogens with zero attached hydrogens (tertiary/aromatic N) is 2. The molecule has 0 spiro atoms. The van der Waals surface area contributed by atoms with Gasteiger partial charge in [0.25, 0.3) is 23.6 Å². The van der Waals surface area contributed by atoms with Gasteiger partial charge in [-0.15, -0.1) is 0 Å². The molecule has 78 heavy (non-hydrogen) atoms. The third kappa shape index (κ3) is 10.6. The van der Waals surface area contributed by atoms with E-state index in [1.165, 1.54) is 84.9 Å². The maximum Gasteiger partial charge on any atom is 0.338 e. The second-order valence-electron chi connectivity index (χ2n) is 18.2. The van der Waals surface area contributed by atoms with Crippen LogP contribution in [0.1, 0.15) is 89.8 Å². The van der Waals surface area contributed by atoms with Crippen LogP contribution in [0.3, 0.4) is 0 Å². The van der Waals surface area contributed by atoms with Crippen LogP contribution in [-0.4, -0.2) is 136 Å². The monoisotopic (exact) mass is 1120 g/mol. The standard InChI is InChI=1S/C58H45BrN2O17/c1-32(62)71-30-42-46(76-55(68)34-20-8-3-9-21-34)48(78-57(70)36-24-12-5-13-25-36)44(61-52(65)39-28-16-17-29-40(39)53(61)66)58(74-42)72-31-41-45(75-54(67)33-18-6-2-7-19-33)47(77-56(69)35-22-10-4-11-23-35)43(49(59)73-41)60-50(63)37-26-14-15-27-38(37)51(60)64/h2-29,41-49,58H,30-31H2,1H3/t41-,42-,43-,44-,45-,46-,47-,48-,49-,58-/m1/s1. The number of rotatable bonds is 15.